The molecule has 0 fully saturated rings. The van der Waals surface area contributed by atoms with Crippen molar-refractivity contribution in [3.05, 3.63) is 163 Å². The van der Waals surface area contributed by atoms with Crippen LogP contribution >= 0.6 is 0 Å². The monoisotopic (exact) mass is 887 g/mol. The van der Waals surface area contributed by atoms with E-state index in [1.54, 1.807) is 6.07 Å². The molecule has 0 radical (unpaired) electrons. The summed E-state index contributed by atoms with van der Waals surface area (Å²) < 4.78 is 2.21. The molecule has 5 aromatic carbocycles. The maximum Gasteiger partial charge on any atom is 0.148 e. The van der Waals surface area contributed by atoms with Crippen LogP contribution in [0.1, 0.15) is 65.2 Å². The first-order valence-electron chi connectivity index (χ1n) is 18.2. The molecule has 2 heterocycles. The van der Waals surface area contributed by atoms with Crippen molar-refractivity contribution >= 4 is 16.6 Å². The molecule has 54 heavy (non-hydrogen) atoms. The van der Waals surface area contributed by atoms with Gasteiger partial charge in [-0.3, -0.25) is 9.55 Å². The van der Waals surface area contributed by atoms with Crippen LogP contribution < -0.4 is 0 Å². The van der Waals surface area contributed by atoms with Gasteiger partial charge in [0.2, 0.25) is 0 Å². The maximum atomic E-state index is 11.3. The Morgan fingerprint density at radius 3 is 2.00 bits per heavy atom. The third kappa shape index (κ3) is 7.54. The number of para-hydroxylation sites is 2. The third-order valence-corrected chi connectivity index (χ3v) is 9.87. The van der Waals surface area contributed by atoms with Gasteiger partial charge in [-0.25, -0.2) is 4.98 Å². The summed E-state index contributed by atoms with van der Waals surface area (Å²) in [7, 11) is 0. The average Bonchev–Trinajstić information content (AvgIpc) is 3.54. The van der Waals surface area contributed by atoms with Crippen molar-refractivity contribution < 1.29 is 26.2 Å². The Bertz CT molecular complexity index is 2480. The first kappa shape index (κ1) is 38.4. The first-order valence-corrected chi connectivity index (χ1v) is 18.2. The number of imidazole rings is 1. The number of nitrogens with zero attached hydrogens (tertiary/aromatic N) is 3. The van der Waals surface area contributed by atoms with Crippen molar-refractivity contribution in [1.29, 1.82) is 0 Å². The van der Waals surface area contributed by atoms with Gasteiger partial charge in [-0.15, -0.1) is 23.8 Å². The number of hydrogen-bond acceptors (Lipinski definition) is 3. The van der Waals surface area contributed by atoms with Gasteiger partial charge in [-0.1, -0.05) is 144 Å². The maximum absolute atomic E-state index is 11.3. The predicted octanol–water partition coefficient (Wildman–Crippen LogP) is 12.8. The van der Waals surface area contributed by atoms with Crippen LogP contribution in [0.5, 0.6) is 5.75 Å². The van der Waals surface area contributed by atoms with E-state index in [4.69, 9.17) is 9.97 Å². The van der Waals surface area contributed by atoms with E-state index >= 15 is 0 Å². The molecule has 0 unspecified atom stereocenters. The number of phenolic OH excluding ortho intramolecular Hbond substituents is 1. The van der Waals surface area contributed by atoms with E-state index in [-0.39, 0.29) is 37.6 Å². The van der Waals surface area contributed by atoms with Gasteiger partial charge in [0.1, 0.15) is 11.6 Å². The number of hydrogen-bond donors (Lipinski definition) is 1. The summed E-state index contributed by atoms with van der Waals surface area (Å²) in [6, 6.07) is 43.2. The van der Waals surface area contributed by atoms with Crippen LogP contribution in [-0.4, -0.2) is 19.6 Å². The second-order valence-corrected chi connectivity index (χ2v) is 15.8. The third-order valence-electron chi connectivity index (χ3n) is 9.87. The zero-order chi connectivity index (χ0) is 37.5. The molecular weight excluding hydrogens is 842 g/mol. The smallest absolute Gasteiger partial charge is 0.148 e. The van der Waals surface area contributed by atoms with E-state index in [0.29, 0.717) is 11.4 Å². The standard InChI is InChI=1S/C49H46N3O.Pt/c1-9-17-32(2)39-18-10-11-19-40(39)33-26-34(28-35(27-33)43-22-14-15-25-50-43)41-21-16-23-44-46(41)51-47(42-20-12-13-24-45(42)53)52(44)38-30-36(48(3,4)5)29-37(31-38)49(6,7)8;/h9-27,29-31,53H,1H2,2-8H3;/q-1;/b32-17+;. The minimum absolute atomic E-state index is 0. The predicted molar refractivity (Wildman–Crippen MR) is 222 cm³/mol. The Hall–Kier alpha value is -5.31. The van der Waals surface area contributed by atoms with Gasteiger partial charge in [-0.05, 0) is 82.0 Å². The van der Waals surface area contributed by atoms with E-state index in [1.807, 2.05) is 54.7 Å². The van der Waals surface area contributed by atoms with Crippen molar-refractivity contribution in [1.82, 2.24) is 14.5 Å². The van der Waals surface area contributed by atoms with E-state index in [2.05, 4.69) is 138 Å². The van der Waals surface area contributed by atoms with E-state index in [1.165, 1.54) is 11.1 Å². The molecule has 7 aromatic rings. The Kier molecular flexibility index (Phi) is 10.8. The normalized spacial score (nSPS) is 12.1. The summed E-state index contributed by atoms with van der Waals surface area (Å²) >= 11 is 0. The summed E-state index contributed by atoms with van der Waals surface area (Å²) in [4.78, 5) is 10.1. The Labute approximate surface area is 334 Å². The molecule has 274 valence electrons. The molecule has 0 atom stereocenters. The quantitative estimate of drug-likeness (QED) is 0.128. The van der Waals surface area contributed by atoms with E-state index in [0.717, 1.165) is 61.4 Å². The molecule has 0 aliphatic rings. The van der Waals surface area contributed by atoms with Gasteiger partial charge in [-0.2, -0.15) is 0 Å². The average molecular weight is 888 g/mol. The van der Waals surface area contributed by atoms with Crippen LogP contribution in [0.25, 0.3) is 67.2 Å². The van der Waals surface area contributed by atoms with Crippen LogP contribution in [-0.2, 0) is 31.9 Å². The van der Waals surface area contributed by atoms with Crippen molar-refractivity contribution in [3.8, 4) is 56.3 Å². The van der Waals surface area contributed by atoms with E-state index in [9.17, 15) is 5.11 Å². The first-order chi connectivity index (χ1) is 25.3. The van der Waals surface area contributed by atoms with Gasteiger partial charge < -0.3 is 5.11 Å². The second kappa shape index (κ2) is 15.2. The molecule has 1 N–H and O–H groups in total. The number of aromatic nitrogens is 3. The van der Waals surface area contributed by atoms with Crippen LogP contribution in [0.3, 0.4) is 0 Å². The van der Waals surface area contributed by atoms with Crippen LogP contribution in [0.2, 0.25) is 0 Å². The molecule has 4 nitrogen and oxygen atoms in total. The van der Waals surface area contributed by atoms with Gasteiger partial charge in [0.25, 0.3) is 0 Å². The molecule has 0 bridgehead atoms. The fourth-order valence-electron chi connectivity index (χ4n) is 6.90. The van der Waals surface area contributed by atoms with Gasteiger partial charge in [0.15, 0.2) is 0 Å². The molecule has 0 saturated heterocycles. The van der Waals surface area contributed by atoms with Crippen molar-refractivity contribution in [2.45, 2.75) is 59.3 Å². The van der Waals surface area contributed by atoms with Crippen LogP contribution in [0, 0.1) is 6.07 Å². The minimum atomic E-state index is -0.0839. The van der Waals surface area contributed by atoms with Crippen molar-refractivity contribution in [2.75, 3.05) is 0 Å². The molecule has 0 amide bonds. The van der Waals surface area contributed by atoms with Gasteiger partial charge in [0.05, 0.1) is 16.6 Å². The molecule has 0 spiro atoms. The largest absolute Gasteiger partial charge is 0.507 e. The van der Waals surface area contributed by atoms with Gasteiger partial charge >= 0.3 is 0 Å². The Morgan fingerprint density at radius 1 is 0.722 bits per heavy atom. The number of benzene rings is 5. The summed E-state index contributed by atoms with van der Waals surface area (Å²) in [5.41, 5.74) is 13.7. The van der Waals surface area contributed by atoms with Gasteiger partial charge in [0, 0.05) is 38.6 Å². The number of pyridine rings is 1. The number of phenols is 1. The van der Waals surface area contributed by atoms with Crippen molar-refractivity contribution in [2.24, 2.45) is 0 Å². The van der Waals surface area contributed by atoms with Crippen molar-refractivity contribution in [3.63, 3.8) is 0 Å². The zero-order valence-corrected chi connectivity index (χ0v) is 34.3. The summed E-state index contributed by atoms with van der Waals surface area (Å²) in [5.74, 6) is 0.854. The zero-order valence-electron chi connectivity index (χ0n) is 32.0. The summed E-state index contributed by atoms with van der Waals surface area (Å²) in [6.07, 6.45) is 5.69. The number of aromatic hydroxyl groups is 1. The second-order valence-electron chi connectivity index (χ2n) is 15.8. The molecule has 0 saturated carbocycles. The minimum Gasteiger partial charge on any atom is -0.507 e. The fourth-order valence-corrected chi connectivity index (χ4v) is 6.90. The van der Waals surface area contributed by atoms with Crippen LogP contribution in [0.4, 0.5) is 0 Å². The molecule has 0 aliphatic heterocycles. The summed E-state index contributed by atoms with van der Waals surface area (Å²) in [6.45, 7) is 19.6. The summed E-state index contributed by atoms with van der Waals surface area (Å²) in [5, 5.41) is 11.3. The number of fused-ring (bicyclic) bond motifs is 1. The van der Waals surface area contributed by atoms with E-state index < -0.39 is 0 Å². The molecule has 5 heteroatoms. The Balaban J connectivity index is 0.00000497. The number of allylic oxidation sites excluding steroid dienone is 3. The molecular formula is C49H46N3OPt-. The SMILES string of the molecule is C=C/C=C(\C)c1ccccc1-c1cc(-c2ccccn2)[c-]c(-c2cccc3c2nc(-c2ccccc2O)n3-c2cc(C(C)(C)C)cc(C(C)(C)C)c2)c1.[Pt]. The number of rotatable bonds is 7. The molecule has 0 aliphatic carbocycles. The molecule has 2 aromatic heterocycles. The molecule has 7 rings (SSSR count). The Morgan fingerprint density at radius 2 is 1.35 bits per heavy atom. The topological polar surface area (TPSA) is 50.9 Å². The van der Waals surface area contributed by atoms with Crippen LogP contribution in [0.15, 0.2) is 140 Å². The fraction of sp³-hybridized carbons (Fsp3) is 0.184.